The number of hydrogen-bond acceptors (Lipinski definition) is 4. The summed E-state index contributed by atoms with van der Waals surface area (Å²) in [6.45, 7) is 5.42. The zero-order valence-corrected chi connectivity index (χ0v) is 16.3. The maximum absolute atomic E-state index is 12.9. The average Bonchev–Trinajstić information content (AvgIpc) is 3.07. The first-order valence-corrected chi connectivity index (χ1v) is 9.89. The molecule has 6 heteroatoms. The maximum atomic E-state index is 12.9. The Morgan fingerprint density at radius 1 is 1.50 bits per heavy atom. The van der Waals surface area contributed by atoms with Crippen LogP contribution in [0.25, 0.3) is 0 Å². The summed E-state index contributed by atoms with van der Waals surface area (Å²) in [5.74, 6) is 0.215. The second-order valence-electron chi connectivity index (χ2n) is 6.26. The van der Waals surface area contributed by atoms with Crippen molar-refractivity contribution in [1.29, 1.82) is 0 Å². The predicted molar refractivity (Wildman–Crippen MR) is 99.9 cm³/mol. The number of thiazole rings is 1. The molecule has 1 unspecified atom stereocenters. The topological polar surface area (TPSA) is 53.4 Å². The minimum absolute atomic E-state index is 0.0234. The van der Waals surface area contributed by atoms with Crippen molar-refractivity contribution in [3.63, 3.8) is 0 Å². The van der Waals surface area contributed by atoms with E-state index in [1.165, 1.54) is 0 Å². The van der Waals surface area contributed by atoms with E-state index >= 15 is 0 Å². The van der Waals surface area contributed by atoms with E-state index in [0.29, 0.717) is 22.5 Å². The fraction of sp³-hybridized carbons (Fsp3) is 0.444. The van der Waals surface area contributed by atoms with Gasteiger partial charge in [-0.15, -0.1) is 11.3 Å². The van der Waals surface area contributed by atoms with Crippen molar-refractivity contribution < 1.29 is 9.90 Å². The Bertz CT molecular complexity index is 759. The van der Waals surface area contributed by atoms with Crippen molar-refractivity contribution >= 4 is 33.2 Å². The summed E-state index contributed by atoms with van der Waals surface area (Å²) in [5, 5.41) is 13.5. The first-order chi connectivity index (χ1) is 11.5. The summed E-state index contributed by atoms with van der Waals surface area (Å²) in [7, 11) is 0. The highest BCUT2D eigenvalue weighted by Crippen LogP contribution is 2.33. The van der Waals surface area contributed by atoms with Gasteiger partial charge in [-0.05, 0) is 59.8 Å². The van der Waals surface area contributed by atoms with Gasteiger partial charge in [-0.2, -0.15) is 0 Å². The molecule has 1 amide bonds. The molecule has 2 aromatic rings. The molecular weight excluding hydrogens is 388 g/mol. The molecular formula is C18H21BrN2O2S. The van der Waals surface area contributed by atoms with Crippen LogP contribution in [0.4, 0.5) is 0 Å². The fourth-order valence-electron chi connectivity index (χ4n) is 3.10. The number of amides is 1. The number of aromatic nitrogens is 1. The lowest BCUT2D eigenvalue weighted by Crippen LogP contribution is -2.39. The third-order valence-corrected chi connectivity index (χ3v) is 6.09. The molecule has 1 aliphatic rings. The van der Waals surface area contributed by atoms with E-state index in [4.69, 9.17) is 0 Å². The Morgan fingerprint density at radius 2 is 2.29 bits per heavy atom. The molecule has 1 fully saturated rings. The largest absolute Gasteiger partial charge is 0.506 e. The van der Waals surface area contributed by atoms with Gasteiger partial charge in [0.25, 0.3) is 5.91 Å². The summed E-state index contributed by atoms with van der Waals surface area (Å²) >= 11 is 5.01. The van der Waals surface area contributed by atoms with Gasteiger partial charge in [0.2, 0.25) is 0 Å². The molecule has 24 heavy (non-hydrogen) atoms. The van der Waals surface area contributed by atoms with Gasteiger partial charge in [-0.3, -0.25) is 4.79 Å². The molecule has 1 N–H and O–H groups in total. The lowest BCUT2D eigenvalue weighted by atomic mass is 9.97. The molecule has 0 aliphatic carbocycles. The van der Waals surface area contributed by atoms with E-state index in [1.807, 2.05) is 17.9 Å². The summed E-state index contributed by atoms with van der Waals surface area (Å²) in [5.41, 5.74) is 2.44. The van der Waals surface area contributed by atoms with E-state index in [9.17, 15) is 9.90 Å². The molecule has 0 spiro atoms. The van der Waals surface area contributed by atoms with Crippen LogP contribution >= 0.6 is 27.3 Å². The molecule has 1 aliphatic heterocycles. The maximum Gasteiger partial charge on any atom is 0.257 e. The van der Waals surface area contributed by atoms with Gasteiger partial charge in [0.05, 0.1) is 20.7 Å². The van der Waals surface area contributed by atoms with E-state index in [0.717, 1.165) is 42.1 Å². The molecule has 0 saturated carbocycles. The van der Waals surface area contributed by atoms with Crippen LogP contribution in [0.5, 0.6) is 5.75 Å². The second kappa shape index (κ2) is 7.23. The van der Waals surface area contributed by atoms with Crippen molar-refractivity contribution in [3.8, 4) is 5.75 Å². The van der Waals surface area contributed by atoms with Gasteiger partial charge in [0.1, 0.15) is 5.75 Å². The van der Waals surface area contributed by atoms with Crippen LogP contribution in [0.15, 0.2) is 22.0 Å². The number of piperidine rings is 1. The van der Waals surface area contributed by atoms with E-state index in [-0.39, 0.29) is 11.7 Å². The van der Waals surface area contributed by atoms with Crippen LogP contribution < -0.4 is 0 Å². The van der Waals surface area contributed by atoms with Crippen molar-refractivity contribution in [2.75, 3.05) is 13.1 Å². The number of benzene rings is 1. The van der Waals surface area contributed by atoms with Gasteiger partial charge in [0, 0.05) is 24.4 Å². The summed E-state index contributed by atoms with van der Waals surface area (Å²) < 4.78 is 0.562. The molecule has 1 atom stereocenters. The quantitative estimate of drug-likeness (QED) is 0.812. The smallest absolute Gasteiger partial charge is 0.257 e. The number of nitrogens with zero attached hydrogens (tertiary/aromatic N) is 2. The highest BCUT2D eigenvalue weighted by atomic mass is 79.9. The Balaban J connectivity index is 1.80. The van der Waals surface area contributed by atoms with Crippen LogP contribution in [0.1, 0.15) is 52.3 Å². The van der Waals surface area contributed by atoms with Gasteiger partial charge >= 0.3 is 0 Å². The number of aromatic hydroxyl groups is 1. The van der Waals surface area contributed by atoms with Crippen LogP contribution in [-0.4, -0.2) is 34.0 Å². The summed E-state index contributed by atoms with van der Waals surface area (Å²) in [6, 6.07) is 3.57. The zero-order chi connectivity index (χ0) is 17.3. The van der Waals surface area contributed by atoms with Gasteiger partial charge in [-0.25, -0.2) is 4.98 Å². The SMILES string of the molecule is CCc1csc(C2CCCN(C(=O)c3cc(C)cc(Br)c3O)C2)n1. The van der Waals surface area contributed by atoms with E-state index in [1.54, 1.807) is 17.4 Å². The molecule has 1 aromatic heterocycles. The lowest BCUT2D eigenvalue weighted by molar-refractivity contribution is 0.0703. The van der Waals surface area contributed by atoms with Gasteiger partial charge in [-0.1, -0.05) is 6.92 Å². The van der Waals surface area contributed by atoms with Crippen molar-refractivity contribution in [1.82, 2.24) is 9.88 Å². The first-order valence-electron chi connectivity index (χ1n) is 8.22. The third kappa shape index (κ3) is 3.49. The minimum atomic E-state index is -0.103. The Morgan fingerprint density at radius 3 is 3.00 bits per heavy atom. The number of rotatable bonds is 3. The number of carbonyl (C=O) groups is 1. The molecule has 3 rings (SSSR count). The second-order valence-corrected chi connectivity index (χ2v) is 8.01. The number of hydrogen-bond donors (Lipinski definition) is 1. The highest BCUT2D eigenvalue weighted by molar-refractivity contribution is 9.10. The highest BCUT2D eigenvalue weighted by Gasteiger charge is 2.28. The Hall–Kier alpha value is -1.40. The number of halogens is 1. The van der Waals surface area contributed by atoms with E-state index < -0.39 is 0 Å². The minimum Gasteiger partial charge on any atom is -0.506 e. The Labute approximate surface area is 154 Å². The fourth-order valence-corrected chi connectivity index (χ4v) is 4.71. The lowest BCUT2D eigenvalue weighted by Gasteiger charge is -2.32. The average molecular weight is 409 g/mol. The number of phenols is 1. The summed E-state index contributed by atoms with van der Waals surface area (Å²) in [4.78, 5) is 19.4. The number of aryl methyl sites for hydroxylation is 2. The van der Waals surface area contributed by atoms with Crippen LogP contribution in [-0.2, 0) is 6.42 Å². The molecule has 128 valence electrons. The first kappa shape index (κ1) is 17.4. The van der Waals surface area contributed by atoms with Crippen molar-refractivity contribution in [2.45, 2.75) is 39.0 Å². The third-order valence-electron chi connectivity index (χ3n) is 4.43. The monoisotopic (exact) mass is 408 g/mol. The van der Waals surface area contributed by atoms with E-state index in [2.05, 4.69) is 33.2 Å². The number of likely N-dealkylation sites (tertiary alicyclic amines) is 1. The molecule has 2 heterocycles. The predicted octanol–water partition coefficient (Wildman–Crippen LogP) is 4.50. The molecule has 0 radical (unpaired) electrons. The van der Waals surface area contributed by atoms with Crippen LogP contribution in [0.3, 0.4) is 0 Å². The Kier molecular flexibility index (Phi) is 5.25. The van der Waals surface area contributed by atoms with Crippen LogP contribution in [0.2, 0.25) is 0 Å². The normalized spacial score (nSPS) is 18.0. The molecule has 4 nitrogen and oxygen atoms in total. The molecule has 0 bridgehead atoms. The number of carbonyl (C=O) groups excluding carboxylic acids is 1. The standard InChI is InChI=1S/C18H21BrN2O2S/c1-3-13-10-24-17(20-13)12-5-4-6-21(9-12)18(23)14-7-11(2)8-15(19)16(14)22/h7-8,10,12,22H,3-6,9H2,1-2H3. The van der Waals surface area contributed by atoms with Crippen LogP contribution in [0, 0.1) is 6.92 Å². The summed E-state index contributed by atoms with van der Waals surface area (Å²) in [6.07, 6.45) is 2.96. The number of phenolic OH excluding ortho intramolecular Hbond substituents is 1. The van der Waals surface area contributed by atoms with Gasteiger partial charge in [0.15, 0.2) is 0 Å². The van der Waals surface area contributed by atoms with Gasteiger partial charge < -0.3 is 10.0 Å². The molecule has 1 saturated heterocycles. The van der Waals surface area contributed by atoms with Crippen molar-refractivity contribution in [3.05, 3.63) is 43.8 Å². The zero-order valence-electron chi connectivity index (χ0n) is 13.9. The molecule has 1 aromatic carbocycles. The van der Waals surface area contributed by atoms with Crippen molar-refractivity contribution in [2.24, 2.45) is 0 Å².